The highest BCUT2D eigenvalue weighted by Gasteiger charge is 2.23. The molecule has 0 saturated carbocycles. The molecule has 0 atom stereocenters. The topological polar surface area (TPSA) is 17.1 Å². The second kappa shape index (κ2) is 3.48. The molecule has 0 spiro atoms. The summed E-state index contributed by atoms with van der Waals surface area (Å²) in [6.45, 7) is 0. The summed E-state index contributed by atoms with van der Waals surface area (Å²) >= 11 is 0. The lowest BCUT2D eigenvalue weighted by atomic mass is 9.92. The molecule has 0 fully saturated rings. The van der Waals surface area contributed by atoms with E-state index in [9.17, 15) is 4.79 Å². The van der Waals surface area contributed by atoms with E-state index in [0.29, 0.717) is 6.42 Å². The lowest BCUT2D eigenvalue weighted by molar-refractivity contribution is -0.107. The molecule has 2 aliphatic rings. The zero-order chi connectivity index (χ0) is 10.3. The third-order valence-corrected chi connectivity index (χ3v) is 3.89. The Labute approximate surface area is 90.5 Å². The minimum absolute atomic E-state index is 0.644. The van der Waals surface area contributed by atoms with Crippen LogP contribution in [0.2, 0.25) is 0 Å². The van der Waals surface area contributed by atoms with Gasteiger partial charge in [0.2, 0.25) is 0 Å². The van der Waals surface area contributed by atoms with Crippen molar-refractivity contribution in [3.63, 3.8) is 0 Å². The van der Waals surface area contributed by atoms with E-state index in [1.807, 2.05) is 0 Å². The summed E-state index contributed by atoms with van der Waals surface area (Å²) < 4.78 is 0. The number of aldehydes is 1. The Morgan fingerprint density at radius 2 is 1.60 bits per heavy atom. The molecule has 0 aromatic heterocycles. The molecule has 0 radical (unpaired) electrons. The number of hydrogen-bond acceptors (Lipinski definition) is 1. The minimum Gasteiger partial charge on any atom is -0.303 e. The highest BCUT2D eigenvalue weighted by atomic mass is 16.1. The van der Waals surface area contributed by atoms with Crippen LogP contribution in [0, 0.1) is 0 Å². The molecule has 3 rings (SSSR count). The fraction of sp³-hybridized carbons (Fsp3) is 0.500. The second-order valence-corrected chi connectivity index (χ2v) is 4.71. The van der Waals surface area contributed by atoms with E-state index in [0.717, 1.165) is 6.29 Å². The van der Waals surface area contributed by atoms with Crippen molar-refractivity contribution in [2.75, 3.05) is 0 Å². The minimum atomic E-state index is 0.644. The predicted octanol–water partition coefficient (Wildman–Crippen LogP) is 2.41. The molecule has 1 nitrogen and oxygen atoms in total. The quantitative estimate of drug-likeness (QED) is 0.670. The molecule has 2 aliphatic carbocycles. The van der Waals surface area contributed by atoms with Gasteiger partial charge in [-0.1, -0.05) is 6.07 Å². The van der Waals surface area contributed by atoms with Gasteiger partial charge in [0, 0.05) is 6.42 Å². The molecule has 0 aliphatic heterocycles. The molecule has 15 heavy (non-hydrogen) atoms. The smallest absolute Gasteiger partial charge is 0.124 e. The van der Waals surface area contributed by atoms with E-state index < -0.39 is 0 Å². The lowest BCUT2D eigenvalue weighted by Gasteiger charge is -2.12. The first kappa shape index (κ1) is 9.14. The maximum Gasteiger partial charge on any atom is 0.124 e. The Morgan fingerprint density at radius 1 is 1.00 bits per heavy atom. The fourth-order valence-electron chi connectivity index (χ4n) is 3.26. The first-order valence-electron chi connectivity index (χ1n) is 5.99. The van der Waals surface area contributed by atoms with Gasteiger partial charge >= 0.3 is 0 Å². The van der Waals surface area contributed by atoms with Crippen LogP contribution in [0.4, 0.5) is 0 Å². The first-order valence-corrected chi connectivity index (χ1v) is 5.99. The Bertz CT molecular complexity index is 386. The van der Waals surface area contributed by atoms with Crippen LogP contribution in [0.1, 0.15) is 40.7 Å². The van der Waals surface area contributed by atoms with E-state index in [-0.39, 0.29) is 0 Å². The molecule has 0 unspecified atom stereocenters. The largest absolute Gasteiger partial charge is 0.303 e. The van der Waals surface area contributed by atoms with Crippen molar-refractivity contribution in [1.29, 1.82) is 0 Å². The van der Waals surface area contributed by atoms with Gasteiger partial charge in [-0.25, -0.2) is 0 Å². The monoisotopic (exact) mass is 200 g/mol. The van der Waals surface area contributed by atoms with Gasteiger partial charge in [0.05, 0.1) is 0 Å². The van der Waals surface area contributed by atoms with Crippen molar-refractivity contribution >= 4 is 6.29 Å². The Balaban J connectivity index is 2.19. The van der Waals surface area contributed by atoms with E-state index >= 15 is 0 Å². The van der Waals surface area contributed by atoms with Crippen LogP contribution >= 0.6 is 0 Å². The van der Waals surface area contributed by atoms with Crippen molar-refractivity contribution in [3.8, 4) is 0 Å². The van der Waals surface area contributed by atoms with Crippen molar-refractivity contribution < 1.29 is 4.79 Å². The van der Waals surface area contributed by atoms with Crippen LogP contribution in [0.25, 0.3) is 0 Å². The average Bonchev–Trinajstić information content (AvgIpc) is 2.84. The number of rotatable bonds is 2. The van der Waals surface area contributed by atoms with Gasteiger partial charge in [-0.3, -0.25) is 0 Å². The summed E-state index contributed by atoms with van der Waals surface area (Å²) in [5.41, 5.74) is 7.50. The number of carbonyl (C=O) groups is 1. The average molecular weight is 200 g/mol. The maximum absolute atomic E-state index is 10.8. The summed E-state index contributed by atoms with van der Waals surface area (Å²) in [5, 5.41) is 0. The van der Waals surface area contributed by atoms with Crippen molar-refractivity contribution in [3.05, 3.63) is 33.9 Å². The molecule has 0 heterocycles. The van der Waals surface area contributed by atoms with Crippen LogP contribution in [0.15, 0.2) is 6.07 Å². The summed E-state index contributed by atoms with van der Waals surface area (Å²) in [4.78, 5) is 10.8. The zero-order valence-corrected chi connectivity index (χ0v) is 9.01. The van der Waals surface area contributed by atoms with Crippen LogP contribution in [-0.4, -0.2) is 6.29 Å². The third kappa shape index (κ3) is 1.33. The van der Waals surface area contributed by atoms with Crippen molar-refractivity contribution in [2.45, 2.75) is 44.9 Å². The molecule has 0 bridgehead atoms. The SMILES string of the molecule is O=CCc1c2c(cc3c1CCC3)CCC2. The molecular formula is C14H16O. The predicted molar refractivity (Wildman–Crippen MR) is 60.3 cm³/mol. The molecule has 1 aromatic rings. The molecule has 78 valence electrons. The van der Waals surface area contributed by atoms with E-state index in [4.69, 9.17) is 0 Å². The van der Waals surface area contributed by atoms with Gasteiger partial charge in [-0.15, -0.1) is 0 Å². The highest BCUT2D eigenvalue weighted by molar-refractivity contribution is 5.61. The van der Waals surface area contributed by atoms with Crippen LogP contribution < -0.4 is 0 Å². The van der Waals surface area contributed by atoms with Gasteiger partial charge in [-0.05, 0) is 66.3 Å². The van der Waals surface area contributed by atoms with Crippen molar-refractivity contribution in [2.24, 2.45) is 0 Å². The molecule has 0 N–H and O–H groups in total. The number of carbonyl (C=O) groups excluding carboxylic acids is 1. The van der Waals surface area contributed by atoms with E-state index in [1.165, 1.54) is 66.3 Å². The molecular weight excluding hydrogens is 184 g/mol. The zero-order valence-electron chi connectivity index (χ0n) is 9.01. The molecule has 1 heteroatoms. The first-order chi connectivity index (χ1) is 7.40. The lowest BCUT2D eigenvalue weighted by Crippen LogP contribution is -2.01. The summed E-state index contributed by atoms with van der Waals surface area (Å²) in [6.07, 6.45) is 9.15. The van der Waals surface area contributed by atoms with Gasteiger partial charge in [0.25, 0.3) is 0 Å². The van der Waals surface area contributed by atoms with Crippen LogP contribution in [-0.2, 0) is 36.9 Å². The van der Waals surface area contributed by atoms with Crippen LogP contribution in [0.3, 0.4) is 0 Å². The Kier molecular flexibility index (Phi) is 2.12. The normalized spacial score (nSPS) is 17.6. The number of aryl methyl sites for hydroxylation is 2. The third-order valence-electron chi connectivity index (χ3n) is 3.89. The van der Waals surface area contributed by atoms with Gasteiger partial charge < -0.3 is 4.79 Å². The standard InChI is InChI=1S/C14H16O/c15-8-7-14-12-5-1-3-10(12)9-11-4-2-6-13(11)14/h8-9H,1-7H2. The van der Waals surface area contributed by atoms with Crippen molar-refractivity contribution in [1.82, 2.24) is 0 Å². The van der Waals surface area contributed by atoms with Gasteiger partial charge in [-0.2, -0.15) is 0 Å². The molecule has 0 amide bonds. The number of hydrogen-bond donors (Lipinski definition) is 0. The Morgan fingerprint density at radius 3 is 2.13 bits per heavy atom. The second-order valence-electron chi connectivity index (χ2n) is 4.71. The number of benzene rings is 1. The summed E-state index contributed by atoms with van der Waals surface area (Å²) in [5.74, 6) is 0. The van der Waals surface area contributed by atoms with Gasteiger partial charge in [0.15, 0.2) is 0 Å². The van der Waals surface area contributed by atoms with E-state index in [2.05, 4.69) is 6.07 Å². The maximum atomic E-state index is 10.8. The molecule has 0 saturated heterocycles. The fourth-order valence-corrected chi connectivity index (χ4v) is 3.26. The van der Waals surface area contributed by atoms with Gasteiger partial charge in [0.1, 0.15) is 6.29 Å². The summed E-state index contributed by atoms with van der Waals surface area (Å²) in [7, 11) is 0. The number of fused-ring (bicyclic) bond motifs is 2. The van der Waals surface area contributed by atoms with E-state index in [1.54, 1.807) is 0 Å². The molecule has 1 aromatic carbocycles. The highest BCUT2D eigenvalue weighted by Crippen LogP contribution is 2.34. The summed E-state index contributed by atoms with van der Waals surface area (Å²) in [6, 6.07) is 2.42. The van der Waals surface area contributed by atoms with Crippen LogP contribution in [0.5, 0.6) is 0 Å². The Hall–Kier alpha value is -1.11.